The first kappa shape index (κ1) is 14.5. The lowest BCUT2D eigenvalue weighted by molar-refractivity contribution is 0.537. The van der Waals surface area contributed by atoms with E-state index < -0.39 is 6.08 Å². The number of nitrogen functional groups attached to an aromatic ring is 1. The summed E-state index contributed by atoms with van der Waals surface area (Å²) in [6.45, 7) is 0. The first-order valence-corrected chi connectivity index (χ1v) is 6.70. The third kappa shape index (κ3) is 4.03. The van der Waals surface area contributed by atoms with Gasteiger partial charge in [0, 0.05) is 5.69 Å². The van der Waals surface area contributed by atoms with Gasteiger partial charge in [0.05, 0.1) is 11.4 Å². The molecule has 3 aromatic rings. The predicted molar refractivity (Wildman–Crippen MR) is 84.5 cm³/mol. The highest BCUT2D eigenvalue weighted by atomic mass is 19.1. The maximum absolute atomic E-state index is 13.0. The molecule has 0 aliphatic carbocycles. The summed E-state index contributed by atoms with van der Waals surface area (Å²) in [7, 11) is 0. The number of anilines is 3. The molecule has 114 valence electrons. The van der Waals surface area contributed by atoms with Crippen LogP contribution in [0.5, 0.6) is 0 Å². The van der Waals surface area contributed by atoms with Crippen molar-refractivity contribution in [3.05, 3.63) is 60.7 Å². The molecule has 0 bridgehead atoms. The highest BCUT2D eigenvalue weighted by Crippen LogP contribution is 2.21. The molecule has 3 rings (SSSR count). The van der Waals surface area contributed by atoms with E-state index in [2.05, 4.69) is 30.5 Å². The number of nitrogens with two attached hydrogens (primary N) is 1. The largest absolute Gasteiger partial charge is 0.368 e. The smallest absolute Gasteiger partial charge is 0.315 e. The Morgan fingerprint density at radius 1 is 0.826 bits per heavy atom. The van der Waals surface area contributed by atoms with Gasteiger partial charge in [0.25, 0.3) is 0 Å². The number of aromatic nitrogens is 3. The van der Waals surface area contributed by atoms with Crippen LogP contribution in [0.1, 0.15) is 0 Å². The number of nitrogens with zero attached hydrogens (tertiary/aromatic N) is 5. The Labute approximate surface area is 131 Å². The SMILES string of the molecule is Nc1nc(F)nc(Nc2ccc(N=Nc3ccccc3)cc2)n1. The monoisotopic (exact) mass is 309 g/mol. The molecule has 0 atom stereocenters. The lowest BCUT2D eigenvalue weighted by Gasteiger charge is -2.04. The van der Waals surface area contributed by atoms with Crippen LogP contribution in [-0.4, -0.2) is 15.0 Å². The van der Waals surface area contributed by atoms with Crippen LogP contribution in [0.15, 0.2) is 64.8 Å². The minimum atomic E-state index is -0.937. The normalized spacial score (nSPS) is 10.8. The number of nitrogens with one attached hydrogen (secondary N) is 1. The van der Waals surface area contributed by atoms with Crippen molar-refractivity contribution in [2.75, 3.05) is 11.1 Å². The van der Waals surface area contributed by atoms with Crippen LogP contribution in [0.2, 0.25) is 0 Å². The molecule has 0 aliphatic rings. The van der Waals surface area contributed by atoms with Gasteiger partial charge >= 0.3 is 6.08 Å². The fourth-order valence-corrected chi connectivity index (χ4v) is 1.77. The van der Waals surface area contributed by atoms with Crippen molar-refractivity contribution in [2.24, 2.45) is 10.2 Å². The van der Waals surface area contributed by atoms with Gasteiger partial charge in [0.15, 0.2) is 0 Å². The highest BCUT2D eigenvalue weighted by molar-refractivity contribution is 5.57. The minimum absolute atomic E-state index is 0.0358. The Hall–Kier alpha value is -3.42. The topological polar surface area (TPSA) is 101 Å². The summed E-state index contributed by atoms with van der Waals surface area (Å²) in [5, 5.41) is 11.1. The van der Waals surface area contributed by atoms with E-state index in [1.165, 1.54) is 0 Å². The van der Waals surface area contributed by atoms with E-state index in [9.17, 15) is 4.39 Å². The summed E-state index contributed by atoms with van der Waals surface area (Å²) in [5.74, 6) is -0.151. The van der Waals surface area contributed by atoms with Crippen LogP contribution < -0.4 is 11.1 Å². The fraction of sp³-hybridized carbons (Fsp3) is 0. The van der Waals surface area contributed by atoms with Crippen LogP contribution in [0.3, 0.4) is 0 Å². The van der Waals surface area contributed by atoms with Crippen LogP contribution in [0.4, 0.5) is 33.3 Å². The van der Waals surface area contributed by atoms with Gasteiger partial charge in [-0.25, -0.2) is 0 Å². The van der Waals surface area contributed by atoms with Gasteiger partial charge in [-0.3, -0.25) is 0 Å². The van der Waals surface area contributed by atoms with Crippen molar-refractivity contribution < 1.29 is 4.39 Å². The van der Waals surface area contributed by atoms with Crippen molar-refractivity contribution in [3.63, 3.8) is 0 Å². The zero-order valence-electron chi connectivity index (χ0n) is 11.9. The molecule has 0 fully saturated rings. The maximum atomic E-state index is 13.0. The standard InChI is InChI=1S/C15H12FN7/c16-13-19-14(17)21-15(20-13)18-10-6-8-12(9-7-10)23-22-11-4-2-1-3-5-11/h1-9H,(H3,17,18,19,20,21). The third-order valence-electron chi connectivity index (χ3n) is 2.79. The third-order valence-corrected chi connectivity index (χ3v) is 2.79. The Balaban J connectivity index is 1.71. The van der Waals surface area contributed by atoms with Crippen molar-refractivity contribution in [3.8, 4) is 0 Å². The average molecular weight is 309 g/mol. The minimum Gasteiger partial charge on any atom is -0.368 e. The zero-order valence-corrected chi connectivity index (χ0v) is 11.9. The van der Waals surface area contributed by atoms with Gasteiger partial charge in [0.1, 0.15) is 0 Å². The first-order valence-electron chi connectivity index (χ1n) is 6.70. The Bertz CT molecular complexity index is 799. The molecule has 2 aromatic carbocycles. The van der Waals surface area contributed by atoms with E-state index in [0.29, 0.717) is 11.4 Å². The number of azo groups is 1. The number of halogens is 1. The number of rotatable bonds is 4. The van der Waals surface area contributed by atoms with Crippen LogP contribution in [-0.2, 0) is 0 Å². The fourth-order valence-electron chi connectivity index (χ4n) is 1.77. The molecular weight excluding hydrogens is 297 g/mol. The van der Waals surface area contributed by atoms with E-state index in [-0.39, 0.29) is 11.9 Å². The second-order valence-corrected chi connectivity index (χ2v) is 4.49. The lowest BCUT2D eigenvalue weighted by Crippen LogP contribution is -2.05. The van der Waals surface area contributed by atoms with Crippen LogP contribution in [0.25, 0.3) is 0 Å². The average Bonchev–Trinajstić information content (AvgIpc) is 2.54. The summed E-state index contributed by atoms with van der Waals surface area (Å²) in [5.41, 5.74) is 7.47. The van der Waals surface area contributed by atoms with Crippen molar-refractivity contribution in [2.45, 2.75) is 0 Å². The van der Waals surface area contributed by atoms with Gasteiger partial charge in [-0.1, -0.05) is 18.2 Å². The molecule has 0 radical (unpaired) electrons. The molecule has 0 spiro atoms. The molecular formula is C15H12FN7. The van der Waals surface area contributed by atoms with Gasteiger partial charge in [-0.15, -0.1) is 0 Å². The van der Waals surface area contributed by atoms with E-state index in [0.717, 1.165) is 5.69 Å². The summed E-state index contributed by atoms with van der Waals surface area (Å²) >= 11 is 0. The van der Waals surface area contributed by atoms with E-state index >= 15 is 0 Å². The molecule has 1 heterocycles. The summed E-state index contributed by atoms with van der Waals surface area (Å²) in [6, 6.07) is 16.4. The van der Waals surface area contributed by atoms with E-state index in [4.69, 9.17) is 5.73 Å². The molecule has 7 nitrogen and oxygen atoms in total. The highest BCUT2D eigenvalue weighted by Gasteiger charge is 2.03. The summed E-state index contributed by atoms with van der Waals surface area (Å²) < 4.78 is 13.0. The Morgan fingerprint density at radius 3 is 2.13 bits per heavy atom. The molecule has 8 heteroatoms. The Morgan fingerprint density at radius 2 is 1.48 bits per heavy atom. The first-order chi connectivity index (χ1) is 11.2. The zero-order chi connectivity index (χ0) is 16.1. The van der Waals surface area contributed by atoms with Gasteiger partial charge in [-0.05, 0) is 36.4 Å². The second-order valence-electron chi connectivity index (χ2n) is 4.49. The number of hydrogen-bond acceptors (Lipinski definition) is 7. The maximum Gasteiger partial charge on any atom is 0.315 e. The van der Waals surface area contributed by atoms with Crippen molar-refractivity contribution in [1.82, 2.24) is 15.0 Å². The quantitative estimate of drug-likeness (QED) is 0.715. The van der Waals surface area contributed by atoms with Crippen LogP contribution >= 0.6 is 0 Å². The molecule has 3 N–H and O–H groups in total. The van der Waals surface area contributed by atoms with Crippen LogP contribution in [0, 0.1) is 6.08 Å². The molecule has 0 unspecified atom stereocenters. The molecule has 0 aliphatic heterocycles. The molecule has 0 saturated heterocycles. The van der Waals surface area contributed by atoms with Gasteiger partial charge in [-0.2, -0.15) is 29.6 Å². The van der Waals surface area contributed by atoms with Gasteiger partial charge < -0.3 is 11.1 Å². The van der Waals surface area contributed by atoms with E-state index in [1.807, 2.05) is 30.3 Å². The number of hydrogen-bond donors (Lipinski definition) is 2. The second kappa shape index (κ2) is 6.56. The van der Waals surface area contributed by atoms with Crippen molar-refractivity contribution >= 4 is 29.0 Å². The molecule has 0 amide bonds. The Kier molecular flexibility index (Phi) is 4.14. The number of benzene rings is 2. The van der Waals surface area contributed by atoms with E-state index in [1.54, 1.807) is 24.3 Å². The lowest BCUT2D eigenvalue weighted by atomic mass is 10.3. The molecule has 0 saturated carbocycles. The molecule has 1 aromatic heterocycles. The summed E-state index contributed by atoms with van der Waals surface area (Å²) in [4.78, 5) is 10.6. The van der Waals surface area contributed by atoms with Gasteiger partial charge in [0.2, 0.25) is 11.9 Å². The summed E-state index contributed by atoms with van der Waals surface area (Å²) in [6.07, 6.45) is -0.937. The van der Waals surface area contributed by atoms with Crippen molar-refractivity contribution in [1.29, 1.82) is 0 Å². The predicted octanol–water partition coefficient (Wildman–Crippen LogP) is 3.75. The molecule has 23 heavy (non-hydrogen) atoms.